The van der Waals surface area contributed by atoms with E-state index in [0.717, 1.165) is 6.42 Å². The molecule has 0 saturated carbocycles. The number of alkyl halides is 2. The number of hydrogen-bond acceptors (Lipinski definition) is 3. The monoisotopic (exact) mass is 193 g/mol. The molecule has 5 heteroatoms. The van der Waals surface area contributed by atoms with Gasteiger partial charge in [-0.25, -0.2) is 4.79 Å². The van der Waals surface area contributed by atoms with Crippen LogP contribution in [0.3, 0.4) is 0 Å². The van der Waals surface area contributed by atoms with Crippen LogP contribution < -0.4 is 0 Å². The molecule has 1 fully saturated rings. The summed E-state index contributed by atoms with van der Waals surface area (Å²) < 4.78 is 30.2. The minimum Gasteiger partial charge on any atom is -0.462 e. The van der Waals surface area contributed by atoms with Crippen LogP contribution in [0.5, 0.6) is 0 Å². The first-order valence-electron chi connectivity index (χ1n) is 4.33. The molecule has 0 aliphatic carbocycles. The Hall–Kier alpha value is -0.710. The van der Waals surface area contributed by atoms with Gasteiger partial charge in [0.05, 0.1) is 13.2 Å². The van der Waals surface area contributed by atoms with Gasteiger partial charge in [0.2, 0.25) is 0 Å². The Labute approximate surface area is 75.7 Å². The average Bonchev–Trinajstić information content (AvgIpc) is 1.98. The minimum absolute atomic E-state index is 0.00553. The van der Waals surface area contributed by atoms with E-state index < -0.39 is 18.4 Å². The lowest BCUT2D eigenvalue weighted by atomic mass is 10.2. The fourth-order valence-corrected chi connectivity index (χ4v) is 1.12. The summed E-state index contributed by atoms with van der Waals surface area (Å²) in [7, 11) is 0. The number of likely N-dealkylation sites (tertiary alicyclic amines) is 1. The van der Waals surface area contributed by atoms with Gasteiger partial charge in [-0.1, -0.05) is 0 Å². The summed E-state index contributed by atoms with van der Waals surface area (Å²) in [6.07, 6.45) is 0.929. The summed E-state index contributed by atoms with van der Waals surface area (Å²) in [5, 5.41) is 0. The first-order chi connectivity index (χ1) is 6.06. The highest BCUT2D eigenvalue weighted by molar-refractivity contribution is 5.77. The number of hydrogen-bond donors (Lipinski definition) is 0. The maximum atomic E-state index is 13.0. The molecule has 0 atom stereocenters. The molecule has 0 aromatic rings. The topological polar surface area (TPSA) is 29.5 Å². The van der Waals surface area contributed by atoms with Gasteiger partial charge in [0.15, 0.2) is 0 Å². The van der Waals surface area contributed by atoms with Gasteiger partial charge < -0.3 is 4.74 Å². The van der Waals surface area contributed by atoms with Crippen LogP contribution in [0.25, 0.3) is 0 Å². The summed E-state index contributed by atoms with van der Waals surface area (Å²) in [4.78, 5) is 12.3. The molecular formula is C8H13F2NO2. The first kappa shape index (κ1) is 10.4. The van der Waals surface area contributed by atoms with Crippen molar-refractivity contribution in [2.75, 3.05) is 26.2 Å². The second kappa shape index (κ2) is 4.00. The molecule has 1 heterocycles. The highest BCUT2D eigenvalue weighted by Gasteiger charge is 2.43. The van der Waals surface area contributed by atoms with Crippen molar-refractivity contribution in [1.29, 1.82) is 0 Å². The van der Waals surface area contributed by atoms with Gasteiger partial charge in [-0.3, -0.25) is 4.90 Å². The molecule has 0 aromatic heterocycles. The van der Waals surface area contributed by atoms with Crippen molar-refractivity contribution in [2.24, 2.45) is 0 Å². The summed E-state index contributed by atoms with van der Waals surface area (Å²) in [5.41, 5.74) is 0. The van der Waals surface area contributed by atoms with Gasteiger partial charge in [-0.05, 0) is 26.4 Å². The van der Waals surface area contributed by atoms with Gasteiger partial charge in [0, 0.05) is 0 Å². The van der Waals surface area contributed by atoms with Crippen molar-refractivity contribution < 1.29 is 18.3 Å². The van der Waals surface area contributed by atoms with Gasteiger partial charge in [0.25, 0.3) is 0 Å². The number of esters is 1. The van der Waals surface area contributed by atoms with Crippen molar-refractivity contribution in [3.63, 3.8) is 0 Å². The van der Waals surface area contributed by atoms with Crippen molar-refractivity contribution in [3.05, 3.63) is 0 Å². The predicted octanol–water partition coefficient (Wildman–Crippen LogP) is 0.890. The zero-order valence-corrected chi connectivity index (χ0v) is 7.56. The molecule has 1 saturated heterocycles. The van der Waals surface area contributed by atoms with Crippen LogP contribution in [-0.4, -0.2) is 43.0 Å². The van der Waals surface area contributed by atoms with Crippen molar-refractivity contribution in [1.82, 2.24) is 4.90 Å². The van der Waals surface area contributed by atoms with E-state index in [4.69, 9.17) is 0 Å². The molecule has 0 spiro atoms. The van der Waals surface area contributed by atoms with Gasteiger partial charge in [-0.15, -0.1) is 0 Å². The van der Waals surface area contributed by atoms with E-state index in [1.165, 1.54) is 11.8 Å². The summed E-state index contributed by atoms with van der Waals surface area (Å²) in [6.45, 7) is 2.29. The molecule has 1 aliphatic heterocycles. The summed E-state index contributed by atoms with van der Waals surface area (Å²) in [5.74, 6) is -4.77. The molecule has 1 aliphatic rings. The number of ether oxygens (including phenoxy) is 1. The van der Waals surface area contributed by atoms with Crippen LogP contribution in [-0.2, 0) is 9.53 Å². The lowest BCUT2D eigenvalue weighted by Gasteiger charge is -2.32. The third-order valence-electron chi connectivity index (χ3n) is 1.94. The fourth-order valence-electron chi connectivity index (χ4n) is 1.12. The predicted molar refractivity (Wildman–Crippen MR) is 42.6 cm³/mol. The summed E-state index contributed by atoms with van der Waals surface area (Å²) >= 11 is 0. The van der Waals surface area contributed by atoms with E-state index in [2.05, 4.69) is 4.74 Å². The molecular weight excluding hydrogens is 180 g/mol. The van der Waals surface area contributed by atoms with Gasteiger partial charge >= 0.3 is 11.9 Å². The van der Waals surface area contributed by atoms with Crippen LogP contribution in [0.4, 0.5) is 8.78 Å². The highest BCUT2D eigenvalue weighted by atomic mass is 19.3. The maximum Gasteiger partial charge on any atom is 0.378 e. The second-order valence-corrected chi connectivity index (χ2v) is 3.05. The van der Waals surface area contributed by atoms with Gasteiger partial charge in [0.1, 0.15) is 0 Å². The van der Waals surface area contributed by atoms with Crippen LogP contribution in [0.2, 0.25) is 0 Å². The molecule has 3 nitrogen and oxygen atoms in total. The molecule has 0 bridgehead atoms. The molecule has 0 aromatic carbocycles. The summed E-state index contributed by atoms with van der Waals surface area (Å²) in [6, 6.07) is 0. The van der Waals surface area contributed by atoms with Gasteiger partial charge in [-0.2, -0.15) is 8.78 Å². The Morgan fingerprint density at radius 2 is 2.15 bits per heavy atom. The minimum atomic E-state index is -3.35. The normalized spacial score (nSPS) is 18.1. The first-order valence-corrected chi connectivity index (χ1v) is 4.33. The Bertz CT molecular complexity index is 193. The zero-order chi connectivity index (χ0) is 9.90. The van der Waals surface area contributed by atoms with E-state index >= 15 is 0 Å². The smallest absolute Gasteiger partial charge is 0.378 e. The number of carbonyl (C=O) groups excluding carboxylic acids is 1. The van der Waals surface area contributed by atoms with Crippen LogP contribution >= 0.6 is 0 Å². The van der Waals surface area contributed by atoms with Crippen molar-refractivity contribution in [3.8, 4) is 0 Å². The average molecular weight is 193 g/mol. The molecule has 0 N–H and O–H groups in total. The van der Waals surface area contributed by atoms with E-state index in [-0.39, 0.29) is 6.61 Å². The SMILES string of the molecule is CCOC(=O)C(F)(F)CN1CCC1. The molecule has 0 amide bonds. The Kier molecular flexibility index (Phi) is 3.19. The second-order valence-electron chi connectivity index (χ2n) is 3.05. The Balaban J connectivity index is 2.38. The third kappa shape index (κ3) is 2.62. The zero-order valence-electron chi connectivity index (χ0n) is 7.56. The molecule has 0 unspecified atom stereocenters. The van der Waals surface area contributed by atoms with E-state index in [9.17, 15) is 13.6 Å². The third-order valence-corrected chi connectivity index (χ3v) is 1.94. The van der Waals surface area contributed by atoms with E-state index in [1.54, 1.807) is 0 Å². The lowest BCUT2D eigenvalue weighted by Crippen LogP contribution is -2.48. The van der Waals surface area contributed by atoms with Crippen molar-refractivity contribution in [2.45, 2.75) is 19.3 Å². The Morgan fingerprint density at radius 1 is 1.54 bits per heavy atom. The number of rotatable bonds is 4. The lowest BCUT2D eigenvalue weighted by molar-refractivity contribution is -0.175. The van der Waals surface area contributed by atoms with E-state index in [0.29, 0.717) is 13.1 Å². The quantitative estimate of drug-likeness (QED) is 0.621. The molecule has 13 heavy (non-hydrogen) atoms. The standard InChI is InChI=1S/C8H13F2NO2/c1-2-13-7(12)8(9,10)6-11-4-3-5-11/h2-6H2,1H3. The fraction of sp³-hybridized carbons (Fsp3) is 0.875. The number of halogens is 2. The van der Waals surface area contributed by atoms with Crippen molar-refractivity contribution >= 4 is 5.97 Å². The highest BCUT2D eigenvalue weighted by Crippen LogP contribution is 2.20. The van der Waals surface area contributed by atoms with E-state index in [1.807, 2.05) is 0 Å². The maximum absolute atomic E-state index is 13.0. The van der Waals surface area contributed by atoms with Crippen LogP contribution in [0.1, 0.15) is 13.3 Å². The largest absolute Gasteiger partial charge is 0.462 e. The number of nitrogens with zero attached hydrogens (tertiary/aromatic N) is 1. The van der Waals surface area contributed by atoms with Crippen LogP contribution in [0.15, 0.2) is 0 Å². The molecule has 1 rings (SSSR count). The molecule has 0 radical (unpaired) electrons. The number of carbonyl (C=O) groups is 1. The Morgan fingerprint density at radius 3 is 2.54 bits per heavy atom. The molecule has 76 valence electrons. The van der Waals surface area contributed by atoms with Crippen LogP contribution in [0, 0.1) is 0 Å².